The minimum atomic E-state index is -0.216. The van der Waals surface area contributed by atoms with Crippen LogP contribution in [0.2, 0.25) is 0 Å². The Morgan fingerprint density at radius 2 is 1.97 bits per heavy atom. The second kappa shape index (κ2) is 11.3. The molecule has 0 spiro atoms. The number of carbonyl (C=O) groups excluding carboxylic acids is 1. The van der Waals surface area contributed by atoms with Crippen LogP contribution in [0.3, 0.4) is 0 Å². The van der Waals surface area contributed by atoms with Crippen molar-refractivity contribution in [3.05, 3.63) is 48.2 Å². The molecule has 3 heterocycles. The second-order valence-corrected chi connectivity index (χ2v) is 9.09. The molecular weight excluding hydrogens is 490 g/mol. The summed E-state index contributed by atoms with van der Waals surface area (Å²) in [6.45, 7) is 4.75. The van der Waals surface area contributed by atoms with Crippen LogP contribution in [0.1, 0.15) is 17.0 Å². The topological polar surface area (TPSA) is 77.3 Å². The Kier molecular flexibility index (Phi) is 8.12. The van der Waals surface area contributed by atoms with E-state index in [0.717, 1.165) is 60.6 Å². The molecule has 0 atom stereocenters. The van der Waals surface area contributed by atoms with Gasteiger partial charge in [0.1, 0.15) is 5.75 Å². The number of aromatic nitrogens is 1. The highest BCUT2D eigenvalue weighted by Crippen LogP contribution is 2.34. The summed E-state index contributed by atoms with van der Waals surface area (Å²) in [5.74, 6) is 1.41. The fourth-order valence-corrected chi connectivity index (χ4v) is 5.15. The fourth-order valence-electron chi connectivity index (χ4n) is 4.13. The van der Waals surface area contributed by atoms with Crippen molar-refractivity contribution < 1.29 is 23.4 Å². The van der Waals surface area contributed by atoms with E-state index in [2.05, 4.69) is 4.90 Å². The van der Waals surface area contributed by atoms with Crippen molar-refractivity contribution in [2.45, 2.75) is 6.42 Å². The highest BCUT2D eigenvalue weighted by atomic mass is 35.5. The first kappa shape index (κ1) is 25.2. The number of nitrogens with zero attached hydrogens (tertiary/aromatic N) is 3. The third kappa shape index (κ3) is 5.38. The van der Waals surface area contributed by atoms with E-state index < -0.39 is 0 Å². The number of hydrogen-bond acceptors (Lipinski definition) is 8. The van der Waals surface area contributed by atoms with Gasteiger partial charge in [0.25, 0.3) is 5.91 Å². The van der Waals surface area contributed by atoms with Gasteiger partial charge in [0, 0.05) is 31.6 Å². The first-order valence-electron chi connectivity index (χ1n) is 11.3. The van der Waals surface area contributed by atoms with Crippen LogP contribution in [0.5, 0.6) is 11.5 Å². The molecule has 2 aromatic carbocycles. The number of carbonyl (C=O) groups is 1. The molecule has 0 radical (unpaired) electrons. The van der Waals surface area contributed by atoms with E-state index in [1.165, 1.54) is 11.3 Å². The normalized spacial score (nSPS) is 14.1. The molecular formula is C25H28ClN3O5S. The van der Waals surface area contributed by atoms with Crippen LogP contribution in [0.25, 0.3) is 21.2 Å². The molecule has 1 aliphatic rings. The molecule has 8 nitrogen and oxygen atoms in total. The third-order valence-corrected chi connectivity index (χ3v) is 7.00. The predicted octanol–water partition coefficient (Wildman–Crippen LogP) is 4.85. The van der Waals surface area contributed by atoms with Crippen molar-refractivity contribution in [1.29, 1.82) is 0 Å². The maximum Gasteiger partial charge on any atom is 0.295 e. The lowest BCUT2D eigenvalue weighted by Crippen LogP contribution is -2.39. The molecule has 0 unspecified atom stereocenters. The van der Waals surface area contributed by atoms with Crippen molar-refractivity contribution in [2.75, 3.05) is 58.5 Å². The molecule has 1 amide bonds. The molecule has 4 aromatic rings. The van der Waals surface area contributed by atoms with Crippen LogP contribution in [0.15, 0.2) is 46.9 Å². The smallest absolute Gasteiger partial charge is 0.295 e. The number of methoxy groups -OCH3 is 2. The van der Waals surface area contributed by atoms with Crippen molar-refractivity contribution in [1.82, 2.24) is 9.88 Å². The summed E-state index contributed by atoms with van der Waals surface area (Å²) < 4.78 is 23.1. The number of hydrogen-bond donors (Lipinski definition) is 0. The molecule has 0 bridgehead atoms. The first-order valence-corrected chi connectivity index (χ1v) is 12.1. The van der Waals surface area contributed by atoms with Crippen molar-refractivity contribution in [3.63, 3.8) is 0 Å². The van der Waals surface area contributed by atoms with Gasteiger partial charge in [-0.25, -0.2) is 4.98 Å². The number of fused-ring (bicyclic) bond motifs is 2. The number of benzene rings is 2. The standard InChI is InChI=1S/C25H27N3O5S.ClH/c1-30-18-7-8-19-22(16-18)34-25(26-19)28(10-4-9-27-11-13-32-14-12-27)24(29)21-15-17-5-3-6-20(31-2)23(17)33-21;/h3,5-8,15-16H,4,9-14H2,1-2H3;1H. The lowest BCUT2D eigenvalue weighted by atomic mass is 10.2. The van der Waals surface area contributed by atoms with Gasteiger partial charge in [0.2, 0.25) is 0 Å². The Morgan fingerprint density at radius 1 is 1.14 bits per heavy atom. The zero-order valence-corrected chi connectivity index (χ0v) is 21.3. The predicted molar refractivity (Wildman–Crippen MR) is 140 cm³/mol. The number of para-hydroxylation sites is 1. The zero-order chi connectivity index (χ0) is 23.5. The lowest BCUT2D eigenvalue weighted by molar-refractivity contribution is 0.0376. The molecule has 1 aliphatic heterocycles. The number of rotatable bonds is 8. The van der Waals surface area contributed by atoms with E-state index in [4.69, 9.17) is 23.6 Å². The van der Waals surface area contributed by atoms with Crippen LogP contribution in [0.4, 0.5) is 5.13 Å². The van der Waals surface area contributed by atoms with Gasteiger partial charge in [-0.1, -0.05) is 23.5 Å². The van der Waals surface area contributed by atoms with E-state index in [1.807, 2.05) is 36.4 Å². The fraction of sp³-hybridized carbons (Fsp3) is 0.360. The average molecular weight is 518 g/mol. The van der Waals surface area contributed by atoms with Crippen LogP contribution in [-0.2, 0) is 4.74 Å². The maximum atomic E-state index is 13.7. The lowest BCUT2D eigenvalue weighted by Gasteiger charge is -2.27. The number of thiazole rings is 1. The number of amides is 1. The maximum absolute atomic E-state index is 13.7. The number of furan rings is 1. The summed E-state index contributed by atoms with van der Waals surface area (Å²) in [6, 6.07) is 13.1. The molecule has 0 N–H and O–H groups in total. The second-order valence-electron chi connectivity index (χ2n) is 8.08. The Hall–Kier alpha value is -2.85. The molecule has 1 fully saturated rings. The molecule has 0 aliphatic carbocycles. The van der Waals surface area contributed by atoms with E-state index in [9.17, 15) is 4.79 Å². The van der Waals surface area contributed by atoms with E-state index in [0.29, 0.717) is 23.0 Å². The van der Waals surface area contributed by atoms with Crippen molar-refractivity contribution in [3.8, 4) is 11.5 Å². The summed E-state index contributed by atoms with van der Waals surface area (Å²) in [4.78, 5) is 22.5. The van der Waals surface area contributed by atoms with Gasteiger partial charge in [-0.05, 0) is 36.8 Å². The third-order valence-electron chi connectivity index (χ3n) is 5.96. The number of ether oxygens (including phenoxy) is 3. The number of morpholine rings is 1. The minimum absolute atomic E-state index is 0. The van der Waals surface area contributed by atoms with Gasteiger partial charge in [0.15, 0.2) is 22.2 Å². The van der Waals surface area contributed by atoms with Gasteiger partial charge in [-0.2, -0.15) is 0 Å². The van der Waals surface area contributed by atoms with Crippen molar-refractivity contribution in [2.24, 2.45) is 0 Å². The van der Waals surface area contributed by atoms with E-state index in [1.54, 1.807) is 25.2 Å². The van der Waals surface area contributed by atoms with Crippen LogP contribution < -0.4 is 14.4 Å². The molecule has 10 heteroatoms. The molecule has 1 saturated heterocycles. The monoisotopic (exact) mass is 517 g/mol. The van der Waals surface area contributed by atoms with Gasteiger partial charge < -0.3 is 18.6 Å². The molecule has 5 rings (SSSR count). The minimum Gasteiger partial charge on any atom is -0.497 e. The SMILES string of the molecule is COc1ccc2nc(N(CCCN3CCOCC3)C(=O)c3cc4cccc(OC)c4o3)sc2c1.Cl. The zero-order valence-electron chi connectivity index (χ0n) is 19.7. The van der Waals surface area contributed by atoms with E-state index >= 15 is 0 Å². The van der Waals surface area contributed by atoms with E-state index in [-0.39, 0.29) is 24.1 Å². The van der Waals surface area contributed by atoms with Crippen LogP contribution in [0, 0.1) is 0 Å². The molecule has 2 aromatic heterocycles. The Balaban J connectivity index is 0.00000289. The summed E-state index contributed by atoms with van der Waals surface area (Å²) in [6.07, 6.45) is 0.814. The molecule has 0 saturated carbocycles. The Bertz CT molecular complexity index is 1300. The number of halogens is 1. The summed E-state index contributed by atoms with van der Waals surface area (Å²) in [5, 5.41) is 1.47. The quantitative estimate of drug-likeness (QED) is 0.330. The van der Waals surface area contributed by atoms with Gasteiger partial charge in [-0.3, -0.25) is 14.6 Å². The van der Waals surface area contributed by atoms with Crippen LogP contribution in [-0.4, -0.2) is 69.4 Å². The summed E-state index contributed by atoms with van der Waals surface area (Å²) >= 11 is 1.47. The molecule has 35 heavy (non-hydrogen) atoms. The van der Waals surface area contributed by atoms with Gasteiger partial charge >= 0.3 is 0 Å². The largest absolute Gasteiger partial charge is 0.497 e. The highest BCUT2D eigenvalue weighted by molar-refractivity contribution is 7.22. The Morgan fingerprint density at radius 3 is 2.74 bits per heavy atom. The van der Waals surface area contributed by atoms with Gasteiger partial charge in [0.05, 0.1) is 37.6 Å². The van der Waals surface area contributed by atoms with Crippen LogP contribution >= 0.6 is 23.7 Å². The first-order chi connectivity index (χ1) is 16.7. The van der Waals surface area contributed by atoms with Crippen molar-refractivity contribution >= 4 is 56.0 Å². The molecule has 186 valence electrons. The average Bonchev–Trinajstić information content (AvgIpc) is 3.50. The Labute approximate surface area is 213 Å². The number of anilines is 1. The summed E-state index contributed by atoms with van der Waals surface area (Å²) in [5.41, 5.74) is 1.40. The highest BCUT2D eigenvalue weighted by Gasteiger charge is 2.25. The van der Waals surface area contributed by atoms with Gasteiger partial charge in [-0.15, -0.1) is 12.4 Å². The summed E-state index contributed by atoms with van der Waals surface area (Å²) in [7, 11) is 3.23.